The Balaban J connectivity index is 1.89. The predicted octanol–water partition coefficient (Wildman–Crippen LogP) is 3.68. The van der Waals surface area contributed by atoms with E-state index in [2.05, 4.69) is 13.8 Å². The van der Waals surface area contributed by atoms with Crippen LogP contribution in [0.5, 0.6) is 0 Å². The molecule has 0 aromatic carbocycles. The van der Waals surface area contributed by atoms with Crippen molar-refractivity contribution >= 4 is 23.5 Å². The van der Waals surface area contributed by atoms with E-state index in [1.54, 1.807) is 0 Å². The molecule has 0 amide bonds. The van der Waals surface area contributed by atoms with E-state index >= 15 is 0 Å². The van der Waals surface area contributed by atoms with Crippen LogP contribution < -0.4 is 0 Å². The fourth-order valence-electron chi connectivity index (χ4n) is 3.53. The first-order valence-corrected chi connectivity index (χ1v) is 6.99. The van der Waals surface area contributed by atoms with Crippen LogP contribution in [0.25, 0.3) is 0 Å². The summed E-state index contributed by atoms with van der Waals surface area (Å²) in [6, 6.07) is 0. The Hall–Kier alpha value is 0.560. The SMILES string of the molecule is CC1C(C)C2CC1C1SC(F)(F)SC21. The summed E-state index contributed by atoms with van der Waals surface area (Å²) in [7, 11) is 0. The number of rotatable bonds is 0. The highest BCUT2D eigenvalue weighted by Gasteiger charge is 2.63. The molecule has 80 valence electrons. The Morgan fingerprint density at radius 2 is 1.43 bits per heavy atom. The first-order valence-electron chi connectivity index (χ1n) is 5.23. The Labute approximate surface area is 91.6 Å². The van der Waals surface area contributed by atoms with Gasteiger partial charge in [-0.3, -0.25) is 0 Å². The van der Waals surface area contributed by atoms with Crippen LogP contribution in [0, 0.1) is 23.7 Å². The van der Waals surface area contributed by atoms with Crippen molar-refractivity contribution in [3.8, 4) is 0 Å². The minimum atomic E-state index is -2.50. The molecule has 2 bridgehead atoms. The van der Waals surface area contributed by atoms with Crippen LogP contribution in [0.4, 0.5) is 8.78 Å². The zero-order valence-electron chi connectivity index (χ0n) is 8.24. The van der Waals surface area contributed by atoms with Gasteiger partial charge >= 0.3 is 4.59 Å². The average Bonchev–Trinajstić information content (AvgIpc) is 2.62. The molecule has 1 aliphatic heterocycles. The lowest BCUT2D eigenvalue weighted by Gasteiger charge is -2.32. The molecule has 0 aromatic heterocycles. The molecular formula is C10H14F2S2. The highest BCUT2D eigenvalue weighted by atomic mass is 32.2. The van der Waals surface area contributed by atoms with E-state index in [0.717, 1.165) is 23.5 Å². The molecule has 0 aromatic rings. The highest BCUT2D eigenvalue weighted by molar-refractivity contribution is 8.21. The number of fused-ring (bicyclic) bond motifs is 5. The molecule has 6 atom stereocenters. The summed E-state index contributed by atoms with van der Waals surface area (Å²) in [6.07, 6.45) is 1.20. The van der Waals surface area contributed by atoms with Gasteiger partial charge in [-0.1, -0.05) is 37.4 Å². The fourth-order valence-corrected chi connectivity index (χ4v) is 7.13. The topological polar surface area (TPSA) is 0 Å². The van der Waals surface area contributed by atoms with E-state index in [0.29, 0.717) is 23.7 Å². The van der Waals surface area contributed by atoms with Crippen LogP contribution in [0.1, 0.15) is 20.3 Å². The Morgan fingerprint density at radius 1 is 1.00 bits per heavy atom. The zero-order valence-corrected chi connectivity index (χ0v) is 9.88. The molecule has 0 N–H and O–H groups in total. The maximum Gasteiger partial charge on any atom is 0.342 e. The molecule has 1 saturated heterocycles. The Kier molecular flexibility index (Phi) is 1.96. The standard InChI is InChI=1S/C10H14F2S2/c1-4-5(2)7-3-6(4)8-9(7)14-10(11,12)13-8/h4-9H,3H2,1-2H3. The van der Waals surface area contributed by atoms with Gasteiger partial charge in [0.15, 0.2) is 0 Å². The van der Waals surface area contributed by atoms with Gasteiger partial charge in [-0.25, -0.2) is 0 Å². The summed E-state index contributed by atoms with van der Waals surface area (Å²) in [4.78, 5) is 0. The van der Waals surface area contributed by atoms with E-state index in [1.165, 1.54) is 6.42 Å². The number of alkyl halides is 2. The second kappa shape index (κ2) is 2.82. The molecule has 0 spiro atoms. The Bertz CT molecular complexity index is 245. The second-order valence-corrected chi connectivity index (χ2v) is 7.75. The molecule has 0 nitrogen and oxygen atoms in total. The first kappa shape index (κ1) is 9.76. The van der Waals surface area contributed by atoms with Crippen LogP contribution >= 0.6 is 23.5 Å². The summed E-state index contributed by atoms with van der Waals surface area (Å²) in [5, 5.41) is 0.484. The van der Waals surface area contributed by atoms with Crippen molar-refractivity contribution in [2.45, 2.75) is 35.4 Å². The molecule has 14 heavy (non-hydrogen) atoms. The van der Waals surface area contributed by atoms with Gasteiger partial charge in [0.2, 0.25) is 0 Å². The summed E-state index contributed by atoms with van der Waals surface area (Å²) >= 11 is 1.87. The predicted molar refractivity (Wildman–Crippen MR) is 57.6 cm³/mol. The highest BCUT2D eigenvalue weighted by Crippen LogP contribution is 2.68. The summed E-state index contributed by atoms with van der Waals surface area (Å²) in [6.45, 7) is 4.49. The molecule has 1 heterocycles. The second-order valence-electron chi connectivity index (χ2n) is 4.91. The Morgan fingerprint density at radius 3 is 1.86 bits per heavy atom. The average molecular weight is 236 g/mol. The van der Waals surface area contributed by atoms with Crippen molar-refractivity contribution in [2.75, 3.05) is 0 Å². The third-order valence-electron chi connectivity index (χ3n) is 4.44. The molecule has 3 rings (SSSR count). The van der Waals surface area contributed by atoms with Crippen LogP contribution in [-0.2, 0) is 0 Å². The third-order valence-corrected chi connectivity index (χ3v) is 7.57. The molecule has 4 heteroatoms. The van der Waals surface area contributed by atoms with E-state index in [9.17, 15) is 8.78 Å². The van der Waals surface area contributed by atoms with E-state index in [-0.39, 0.29) is 10.5 Å². The van der Waals surface area contributed by atoms with E-state index in [4.69, 9.17) is 0 Å². The maximum absolute atomic E-state index is 13.2. The largest absolute Gasteiger partial charge is 0.342 e. The van der Waals surface area contributed by atoms with Gasteiger partial charge in [0, 0.05) is 10.5 Å². The lowest BCUT2D eigenvalue weighted by molar-refractivity contribution is 0.213. The minimum absolute atomic E-state index is 0.242. The summed E-state index contributed by atoms with van der Waals surface area (Å²) in [5.41, 5.74) is 0. The van der Waals surface area contributed by atoms with Crippen LogP contribution in [0.15, 0.2) is 0 Å². The number of hydrogen-bond donors (Lipinski definition) is 0. The van der Waals surface area contributed by atoms with Crippen molar-refractivity contribution < 1.29 is 8.78 Å². The van der Waals surface area contributed by atoms with Gasteiger partial charge in [0.25, 0.3) is 0 Å². The number of halogens is 2. The lowest BCUT2D eigenvalue weighted by Crippen LogP contribution is -2.33. The number of thioether (sulfide) groups is 2. The fraction of sp³-hybridized carbons (Fsp3) is 1.00. The molecule has 2 aliphatic carbocycles. The molecule has 0 radical (unpaired) electrons. The van der Waals surface area contributed by atoms with Gasteiger partial charge in [-0.15, -0.1) is 0 Å². The quantitative estimate of drug-likeness (QED) is 0.629. The summed E-state index contributed by atoms with van der Waals surface area (Å²) in [5.74, 6) is 2.43. The zero-order chi connectivity index (χ0) is 10.1. The first-order chi connectivity index (χ1) is 6.49. The van der Waals surface area contributed by atoms with Crippen molar-refractivity contribution in [3.05, 3.63) is 0 Å². The lowest BCUT2D eigenvalue weighted by atomic mass is 9.81. The van der Waals surface area contributed by atoms with Crippen molar-refractivity contribution in [3.63, 3.8) is 0 Å². The minimum Gasteiger partial charge on any atom is -0.182 e. The van der Waals surface area contributed by atoms with Gasteiger partial charge in [-0.2, -0.15) is 8.78 Å². The smallest absolute Gasteiger partial charge is 0.182 e. The molecular weight excluding hydrogens is 222 g/mol. The van der Waals surface area contributed by atoms with Crippen molar-refractivity contribution in [1.82, 2.24) is 0 Å². The van der Waals surface area contributed by atoms with Crippen molar-refractivity contribution in [1.29, 1.82) is 0 Å². The van der Waals surface area contributed by atoms with Gasteiger partial charge < -0.3 is 0 Å². The van der Waals surface area contributed by atoms with Gasteiger partial charge in [0.1, 0.15) is 0 Å². The maximum atomic E-state index is 13.2. The van der Waals surface area contributed by atoms with Crippen molar-refractivity contribution in [2.24, 2.45) is 23.7 Å². The molecule has 6 unspecified atom stereocenters. The van der Waals surface area contributed by atoms with E-state index in [1.807, 2.05) is 0 Å². The van der Waals surface area contributed by atoms with Gasteiger partial charge in [-0.05, 0) is 30.1 Å². The van der Waals surface area contributed by atoms with Gasteiger partial charge in [0.05, 0.1) is 0 Å². The normalized spacial score (nSPS) is 59.1. The summed E-state index contributed by atoms with van der Waals surface area (Å²) < 4.78 is 23.9. The van der Waals surface area contributed by atoms with Crippen LogP contribution in [-0.4, -0.2) is 15.1 Å². The van der Waals surface area contributed by atoms with Crippen LogP contribution in [0.3, 0.4) is 0 Å². The van der Waals surface area contributed by atoms with E-state index < -0.39 is 4.59 Å². The molecule has 2 saturated carbocycles. The van der Waals surface area contributed by atoms with Crippen LogP contribution in [0.2, 0.25) is 0 Å². The third kappa shape index (κ3) is 1.13. The monoisotopic (exact) mass is 236 g/mol. The molecule has 3 fully saturated rings. The molecule has 3 aliphatic rings. The number of hydrogen-bond acceptors (Lipinski definition) is 2.